The van der Waals surface area contributed by atoms with E-state index in [9.17, 15) is 8.42 Å². The summed E-state index contributed by atoms with van der Waals surface area (Å²) in [7, 11) is -3.24. The summed E-state index contributed by atoms with van der Waals surface area (Å²) < 4.78 is 25.0. The predicted octanol–water partition coefficient (Wildman–Crippen LogP) is 1.93. The molecule has 5 nitrogen and oxygen atoms in total. The van der Waals surface area contributed by atoms with Gasteiger partial charge in [-0.25, -0.2) is 18.4 Å². The normalized spacial score (nSPS) is 22.1. The third-order valence-electron chi connectivity index (χ3n) is 3.02. The molecule has 0 N–H and O–H groups in total. The van der Waals surface area contributed by atoms with Crippen LogP contribution < -0.4 is 0 Å². The van der Waals surface area contributed by atoms with Gasteiger partial charge in [-0.05, 0) is 25.8 Å². The predicted molar refractivity (Wildman–Crippen MR) is 69.9 cm³/mol. The summed E-state index contributed by atoms with van der Waals surface area (Å²) in [6, 6.07) is 1.38. The number of halogens is 1. The third-order valence-corrected chi connectivity index (χ3v) is 4.50. The number of piperidine rings is 1. The largest absolute Gasteiger partial charge is 0.236 e. The van der Waals surface area contributed by atoms with Crippen molar-refractivity contribution in [2.45, 2.75) is 32.2 Å². The Labute approximate surface area is 112 Å². The molecule has 0 spiro atoms. The van der Waals surface area contributed by atoms with Gasteiger partial charge in [-0.1, -0.05) is 18.0 Å². The zero-order valence-electron chi connectivity index (χ0n) is 10.4. The molecule has 18 heavy (non-hydrogen) atoms. The summed E-state index contributed by atoms with van der Waals surface area (Å²) in [5.41, 5.74) is 0.754. The number of sulfonamides is 1. The summed E-state index contributed by atoms with van der Waals surface area (Å²) >= 11 is 5.91. The fourth-order valence-electron chi connectivity index (χ4n) is 2.26. The number of hydrogen-bond acceptors (Lipinski definition) is 4. The topological polar surface area (TPSA) is 63.2 Å². The quantitative estimate of drug-likeness (QED) is 0.781. The summed E-state index contributed by atoms with van der Waals surface area (Å²) in [6.07, 6.45) is 3.82. The van der Waals surface area contributed by atoms with Gasteiger partial charge < -0.3 is 0 Å². The number of aromatic nitrogens is 2. The highest BCUT2D eigenvalue weighted by Crippen LogP contribution is 2.31. The first kappa shape index (κ1) is 13.7. The molecule has 1 saturated heterocycles. The van der Waals surface area contributed by atoms with Gasteiger partial charge >= 0.3 is 0 Å². The number of nitrogens with zero attached hydrogens (tertiary/aromatic N) is 3. The van der Waals surface area contributed by atoms with Crippen LogP contribution in [0.2, 0.25) is 5.15 Å². The average molecular weight is 290 g/mol. The first-order valence-corrected chi connectivity index (χ1v) is 8.08. The molecule has 0 bridgehead atoms. The Hall–Kier alpha value is -0.720. The second kappa shape index (κ2) is 5.11. The zero-order valence-corrected chi connectivity index (χ0v) is 12.0. The van der Waals surface area contributed by atoms with Crippen LogP contribution in [0.4, 0.5) is 0 Å². The smallest absolute Gasteiger partial charge is 0.211 e. The molecule has 1 aliphatic rings. The minimum Gasteiger partial charge on any atom is -0.236 e. The average Bonchev–Trinajstić information content (AvgIpc) is 2.26. The van der Waals surface area contributed by atoms with Crippen molar-refractivity contribution in [1.82, 2.24) is 14.3 Å². The van der Waals surface area contributed by atoms with Crippen LogP contribution >= 0.6 is 11.6 Å². The van der Waals surface area contributed by atoms with E-state index in [1.165, 1.54) is 10.6 Å². The first-order valence-electron chi connectivity index (χ1n) is 5.86. The third kappa shape index (κ3) is 2.99. The van der Waals surface area contributed by atoms with Gasteiger partial charge in [0.1, 0.15) is 11.0 Å². The molecule has 1 unspecified atom stereocenters. The van der Waals surface area contributed by atoms with Gasteiger partial charge in [0.15, 0.2) is 0 Å². The summed E-state index contributed by atoms with van der Waals surface area (Å²) in [5, 5.41) is 0.358. The lowest BCUT2D eigenvalue weighted by Gasteiger charge is -2.32. The highest BCUT2D eigenvalue weighted by atomic mass is 35.5. The van der Waals surface area contributed by atoms with E-state index in [1.54, 1.807) is 6.07 Å². The van der Waals surface area contributed by atoms with E-state index in [-0.39, 0.29) is 6.04 Å². The highest BCUT2D eigenvalue weighted by molar-refractivity contribution is 7.88. The Morgan fingerprint density at radius 3 is 2.72 bits per heavy atom. The molecule has 1 aromatic rings. The van der Waals surface area contributed by atoms with E-state index in [2.05, 4.69) is 9.97 Å². The van der Waals surface area contributed by atoms with Crippen molar-refractivity contribution in [2.24, 2.45) is 0 Å². The maximum Gasteiger partial charge on any atom is 0.211 e. The lowest BCUT2D eigenvalue weighted by atomic mass is 10.0. The Bertz CT molecular complexity index is 527. The fourth-order valence-corrected chi connectivity index (χ4v) is 3.63. The number of aryl methyl sites for hydroxylation is 1. The molecule has 0 aliphatic carbocycles. The van der Waals surface area contributed by atoms with Crippen molar-refractivity contribution in [3.8, 4) is 0 Å². The Morgan fingerprint density at radius 2 is 2.11 bits per heavy atom. The minimum absolute atomic E-state index is 0.286. The number of hydrogen-bond donors (Lipinski definition) is 0. The van der Waals surface area contributed by atoms with Gasteiger partial charge in [0.25, 0.3) is 0 Å². The van der Waals surface area contributed by atoms with Crippen molar-refractivity contribution < 1.29 is 8.42 Å². The maximum atomic E-state index is 11.8. The molecule has 2 heterocycles. The molecule has 2 rings (SSSR count). The maximum absolute atomic E-state index is 11.8. The van der Waals surface area contributed by atoms with Crippen molar-refractivity contribution in [3.63, 3.8) is 0 Å². The van der Waals surface area contributed by atoms with Crippen LogP contribution in [0.5, 0.6) is 0 Å². The second-order valence-corrected chi connectivity index (χ2v) is 6.90. The molecule has 100 valence electrons. The molecule has 0 radical (unpaired) electrons. The number of rotatable bonds is 2. The molecular formula is C11H16ClN3O2S. The van der Waals surface area contributed by atoms with Crippen LogP contribution in [0, 0.1) is 6.92 Å². The van der Waals surface area contributed by atoms with Crippen LogP contribution in [0.3, 0.4) is 0 Å². The van der Waals surface area contributed by atoms with E-state index in [0.29, 0.717) is 17.5 Å². The van der Waals surface area contributed by atoms with Crippen molar-refractivity contribution in [1.29, 1.82) is 0 Å². The highest BCUT2D eigenvalue weighted by Gasteiger charge is 2.32. The zero-order chi connectivity index (χ0) is 13.3. The summed E-state index contributed by atoms with van der Waals surface area (Å²) in [5.74, 6) is 0.505. The lowest BCUT2D eigenvalue weighted by molar-refractivity contribution is 0.248. The van der Waals surface area contributed by atoms with E-state index in [1.807, 2.05) is 6.92 Å². The first-order chi connectivity index (χ1) is 8.38. The van der Waals surface area contributed by atoms with E-state index >= 15 is 0 Å². The van der Waals surface area contributed by atoms with E-state index < -0.39 is 10.0 Å². The SMILES string of the molecule is Cc1cc(Cl)nc(C2CCCCN2S(C)(=O)=O)n1. The van der Waals surface area contributed by atoms with E-state index in [0.717, 1.165) is 25.0 Å². The Kier molecular flexibility index (Phi) is 3.89. The minimum atomic E-state index is -3.24. The molecule has 0 aromatic carbocycles. The molecular weight excluding hydrogens is 274 g/mol. The summed E-state index contributed by atoms with van der Waals surface area (Å²) in [6.45, 7) is 2.35. The van der Waals surface area contributed by atoms with Gasteiger partial charge in [-0.2, -0.15) is 4.31 Å². The van der Waals surface area contributed by atoms with Crippen LogP contribution in [0.15, 0.2) is 6.07 Å². The Balaban J connectivity index is 2.40. The van der Waals surface area contributed by atoms with Crippen LogP contribution in [-0.2, 0) is 10.0 Å². The molecule has 1 aliphatic heterocycles. The van der Waals surface area contributed by atoms with Crippen LogP contribution in [0.25, 0.3) is 0 Å². The summed E-state index contributed by atoms with van der Waals surface area (Å²) in [4.78, 5) is 8.49. The standard InChI is InChI=1S/C11H16ClN3O2S/c1-8-7-10(12)14-11(13-8)9-5-3-4-6-15(9)18(2,16)17/h7,9H,3-6H2,1-2H3. The molecule has 1 aromatic heterocycles. The van der Waals surface area contributed by atoms with Crippen LogP contribution in [-0.4, -0.2) is 35.5 Å². The molecule has 1 atom stereocenters. The monoisotopic (exact) mass is 289 g/mol. The second-order valence-electron chi connectivity index (χ2n) is 4.58. The van der Waals surface area contributed by atoms with Gasteiger partial charge in [0.2, 0.25) is 10.0 Å². The van der Waals surface area contributed by atoms with Crippen molar-refractivity contribution in [2.75, 3.05) is 12.8 Å². The van der Waals surface area contributed by atoms with Crippen LogP contribution in [0.1, 0.15) is 36.8 Å². The van der Waals surface area contributed by atoms with Crippen molar-refractivity contribution >= 4 is 21.6 Å². The van der Waals surface area contributed by atoms with Gasteiger partial charge in [0, 0.05) is 12.2 Å². The van der Waals surface area contributed by atoms with E-state index in [4.69, 9.17) is 11.6 Å². The molecule has 0 amide bonds. The van der Waals surface area contributed by atoms with Gasteiger partial charge in [-0.15, -0.1) is 0 Å². The van der Waals surface area contributed by atoms with Gasteiger partial charge in [0.05, 0.1) is 12.3 Å². The fraction of sp³-hybridized carbons (Fsp3) is 0.636. The molecule has 0 saturated carbocycles. The van der Waals surface area contributed by atoms with Crippen molar-refractivity contribution in [3.05, 3.63) is 22.7 Å². The van der Waals surface area contributed by atoms with Gasteiger partial charge in [-0.3, -0.25) is 0 Å². The molecule has 1 fully saturated rings. The Morgan fingerprint density at radius 1 is 1.39 bits per heavy atom. The molecule has 7 heteroatoms. The lowest BCUT2D eigenvalue weighted by Crippen LogP contribution is -2.38.